The lowest BCUT2D eigenvalue weighted by atomic mass is 10.4. The van der Waals surface area contributed by atoms with Gasteiger partial charge in [0.15, 0.2) is 0 Å². The lowest BCUT2D eigenvalue weighted by Crippen LogP contribution is -2.12. The van der Waals surface area contributed by atoms with Crippen molar-refractivity contribution in [1.82, 2.24) is 0 Å². The van der Waals surface area contributed by atoms with Crippen LogP contribution in [0.4, 0.5) is 0 Å². The highest BCUT2D eigenvalue weighted by Crippen LogP contribution is 2.21. The van der Waals surface area contributed by atoms with Crippen LogP contribution in [0.15, 0.2) is 46.7 Å². The Hall–Kier alpha value is -1.22. The van der Waals surface area contributed by atoms with Gasteiger partial charge in [-0.3, -0.25) is 8.74 Å². The molecule has 0 amide bonds. The molecular formula is C9H10O6S2. The van der Waals surface area contributed by atoms with Crippen molar-refractivity contribution >= 4 is 20.2 Å². The molecule has 94 valence electrons. The second-order valence-corrected chi connectivity index (χ2v) is 5.92. The molecule has 8 heteroatoms. The van der Waals surface area contributed by atoms with E-state index < -0.39 is 30.0 Å². The number of benzene rings is 1. The van der Waals surface area contributed by atoms with Gasteiger partial charge >= 0.3 is 0 Å². The summed E-state index contributed by atoms with van der Waals surface area (Å²) in [5, 5.41) is 0. The second kappa shape index (κ2) is 4.96. The third kappa shape index (κ3) is 3.37. The average molecular weight is 278 g/mol. The van der Waals surface area contributed by atoms with Gasteiger partial charge in [0, 0.05) is 0 Å². The van der Waals surface area contributed by atoms with E-state index in [1.54, 1.807) is 0 Å². The molecule has 0 atom stereocenters. The van der Waals surface area contributed by atoms with E-state index in [0.29, 0.717) is 0 Å². The molecule has 0 aliphatic rings. The van der Waals surface area contributed by atoms with Crippen molar-refractivity contribution in [3.8, 4) is 0 Å². The highest BCUT2D eigenvalue weighted by molar-refractivity contribution is 7.89. The van der Waals surface area contributed by atoms with Gasteiger partial charge in [0.2, 0.25) is 0 Å². The van der Waals surface area contributed by atoms with Gasteiger partial charge in [-0.15, -0.1) is 6.58 Å². The summed E-state index contributed by atoms with van der Waals surface area (Å²) in [6.45, 7) is 2.98. The normalized spacial score (nSPS) is 12.3. The van der Waals surface area contributed by atoms with E-state index in [4.69, 9.17) is 4.55 Å². The number of hydrogen-bond acceptors (Lipinski definition) is 5. The summed E-state index contributed by atoms with van der Waals surface area (Å²) in [7, 11) is -8.87. The van der Waals surface area contributed by atoms with E-state index >= 15 is 0 Å². The van der Waals surface area contributed by atoms with Gasteiger partial charge in [0.05, 0.1) is 6.61 Å². The summed E-state index contributed by atoms with van der Waals surface area (Å²) >= 11 is 0. The molecule has 6 nitrogen and oxygen atoms in total. The minimum atomic E-state index is -4.63. The smallest absolute Gasteiger partial charge is 0.282 e. The van der Waals surface area contributed by atoms with E-state index in [2.05, 4.69) is 10.8 Å². The van der Waals surface area contributed by atoms with Crippen LogP contribution in [-0.2, 0) is 24.4 Å². The van der Waals surface area contributed by atoms with Gasteiger partial charge in [0.1, 0.15) is 9.79 Å². The fourth-order valence-electron chi connectivity index (χ4n) is 1.07. The van der Waals surface area contributed by atoms with Crippen LogP contribution in [-0.4, -0.2) is 28.0 Å². The van der Waals surface area contributed by atoms with E-state index in [-0.39, 0.29) is 6.61 Å². The van der Waals surface area contributed by atoms with Gasteiger partial charge in [-0.1, -0.05) is 18.2 Å². The van der Waals surface area contributed by atoms with Gasteiger partial charge < -0.3 is 0 Å². The van der Waals surface area contributed by atoms with E-state index in [0.717, 1.165) is 12.1 Å². The molecule has 0 saturated carbocycles. The lowest BCUT2D eigenvalue weighted by molar-refractivity contribution is 0.355. The van der Waals surface area contributed by atoms with Crippen molar-refractivity contribution in [2.24, 2.45) is 0 Å². The van der Waals surface area contributed by atoms with Crippen LogP contribution in [0.1, 0.15) is 0 Å². The molecule has 1 N–H and O–H groups in total. The largest absolute Gasteiger partial charge is 0.298 e. The van der Waals surface area contributed by atoms with Crippen LogP contribution in [0.25, 0.3) is 0 Å². The van der Waals surface area contributed by atoms with Crippen LogP contribution in [0.5, 0.6) is 0 Å². The monoisotopic (exact) mass is 278 g/mol. The molecule has 0 aromatic heterocycles. The molecule has 1 rings (SSSR count). The Labute approximate surface area is 99.4 Å². The Morgan fingerprint density at radius 2 is 1.71 bits per heavy atom. The van der Waals surface area contributed by atoms with Crippen LogP contribution in [0.3, 0.4) is 0 Å². The molecule has 17 heavy (non-hydrogen) atoms. The minimum Gasteiger partial charge on any atom is -0.282 e. The molecule has 1 aromatic rings. The van der Waals surface area contributed by atoms with Crippen molar-refractivity contribution in [3.63, 3.8) is 0 Å². The highest BCUT2D eigenvalue weighted by atomic mass is 32.2. The summed E-state index contributed by atoms with van der Waals surface area (Å²) in [5.74, 6) is 0. The summed E-state index contributed by atoms with van der Waals surface area (Å²) in [6.07, 6.45) is 1.20. The fourth-order valence-corrected chi connectivity index (χ4v) is 3.23. The van der Waals surface area contributed by atoms with E-state index in [1.165, 1.54) is 18.2 Å². The third-order valence-corrected chi connectivity index (χ3v) is 4.12. The topological polar surface area (TPSA) is 97.7 Å². The minimum absolute atomic E-state index is 0.290. The molecule has 1 aromatic carbocycles. The molecule has 0 aliphatic heterocycles. The van der Waals surface area contributed by atoms with Crippen molar-refractivity contribution in [3.05, 3.63) is 36.9 Å². The number of hydrogen-bond donors (Lipinski definition) is 1. The first-order valence-electron chi connectivity index (χ1n) is 4.36. The summed E-state index contributed by atoms with van der Waals surface area (Å²) < 4.78 is 58.6. The molecule has 0 unspecified atom stereocenters. The Morgan fingerprint density at radius 1 is 1.18 bits per heavy atom. The second-order valence-electron chi connectivity index (χ2n) is 2.95. The Kier molecular flexibility index (Phi) is 4.04. The Balaban J connectivity index is 3.38. The van der Waals surface area contributed by atoms with Gasteiger partial charge in [-0.2, -0.15) is 16.8 Å². The first-order chi connectivity index (χ1) is 7.79. The fraction of sp³-hybridized carbons (Fsp3) is 0.111. The molecule has 0 radical (unpaired) electrons. The van der Waals surface area contributed by atoms with Gasteiger partial charge in [0.25, 0.3) is 20.2 Å². The molecule has 0 fully saturated rings. The quantitative estimate of drug-likeness (QED) is 0.486. The third-order valence-electron chi connectivity index (χ3n) is 1.74. The van der Waals surface area contributed by atoms with Gasteiger partial charge in [-0.05, 0) is 12.1 Å². The van der Waals surface area contributed by atoms with Crippen molar-refractivity contribution < 1.29 is 25.6 Å². The van der Waals surface area contributed by atoms with Crippen molar-refractivity contribution in [1.29, 1.82) is 0 Å². The standard InChI is InChI=1S/C9H10O6S2/c1-2-7-15-17(13,14)9-6-4-3-5-8(9)16(10,11)12/h2-6H,1,7H2,(H,10,11,12). The summed E-state index contributed by atoms with van der Waals surface area (Å²) in [6, 6.07) is 4.61. The van der Waals surface area contributed by atoms with Crippen LogP contribution in [0, 0.1) is 0 Å². The predicted molar refractivity (Wildman–Crippen MR) is 59.6 cm³/mol. The van der Waals surface area contributed by atoms with E-state index in [9.17, 15) is 16.8 Å². The molecule has 0 aliphatic carbocycles. The van der Waals surface area contributed by atoms with E-state index in [1.807, 2.05) is 0 Å². The number of rotatable bonds is 5. The SMILES string of the molecule is C=CCOS(=O)(=O)c1ccccc1S(=O)(=O)O. The summed E-state index contributed by atoms with van der Waals surface area (Å²) in [5.41, 5.74) is 0. The van der Waals surface area contributed by atoms with Crippen LogP contribution >= 0.6 is 0 Å². The zero-order valence-electron chi connectivity index (χ0n) is 8.61. The maximum Gasteiger partial charge on any atom is 0.298 e. The Morgan fingerprint density at radius 3 is 2.18 bits per heavy atom. The first-order valence-corrected chi connectivity index (χ1v) is 7.20. The predicted octanol–water partition coefficient (Wildman–Crippen LogP) is 0.825. The van der Waals surface area contributed by atoms with Crippen LogP contribution < -0.4 is 0 Å². The van der Waals surface area contributed by atoms with Crippen LogP contribution in [0.2, 0.25) is 0 Å². The molecular weight excluding hydrogens is 268 g/mol. The van der Waals surface area contributed by atoms with Crippen molar-refractivity contribution in [2.45, 2.75) is 9.79 Å². The Bertz CT molecular complexity index is 615. The lowest BCUT2D eigenvalue weighted by Gasteiger charge is -2.07. The average Bonchev–Trinajstić information content (AvgIpc) is 2.25. The highest BCUT2D eigenvalue weighted by Gasteiger charge is 2.25. The zero-order valence-corrected chi connectivity index (χ0v) is 10.2. The zero-order chi connectivity index (χ0) is 13.1. The maximum atomic E-state index is 11.6. The van der Waals surface area contributed by atoms with Crippen molar-refractivity contribution in [2.75, 3.05) is 6.61 Å². The first kappa shape index (κ1) is 13.8. The molecule has 0 heterocycles. The maximum absolute atomic E-state index is 11.6. The van der Waals surface area contributed by atoms with Gasteiger partial charge in [-0.25, -0.2) is 0 Å². The molecule has 0 saturated heterocycles. The molecule has 0 bridgehead atoms. The molecule has 0 spiro atoms. The summed E-state index contributed by atoms with van der Waals surface area (Å²) in [4.78, 5) is -1.33.